The average molecular weight is 219 g/mol. The highest BCUT2D eigenvalue weighted by Gasteiger charge is 2.30. The third-order valence-corrected chi connectivity index (χ3v) is 3.80. The molecule has 0 aromatic heterocycles. The van der Waals surface area contributed by atoms with Gasteiger partial charge in [-0.2, -0.15) is 0 Å². The Hall–Kier alpha value is -0.430. The maximum Gasteiger partial charge on any atom is 0.173 e. The van der Waals surface area contributed by atoms with Crippen LogP contribution in [0.3, 0.4) is 0 Å². The lowest BCUT2D eigenvalue weighted by Gasteiger charge is -2.18. The molecule has 2 heterocycles. The van der Waals surface area contributed by atoms with Crippen LogP contribution in [-0.4, -0.2) is 50.7 Å². The molecule has 1 fully saturated rings. The van der Waals surface area contributed by atoms with Gasteiger partial charge in [-0.1, -0.05) is 6.08 Å². The van der Waals surface area contributed by atoms with Gasteiger partial charge in [0.1, 0.15) is 0 Å². The summed E-state index contributed by atoms with van der Waals surface area (Å²) in [5.74, 6) is 0.0796. The number of aliphatic hydroxyl groups is 1. The third-order valence-electron chi connectivity index (χ3n) is 2.41. The van der Waals surface area contributed by atoms with Gasteiger partial charge in [-0.3, -0.25) is 0 Å². The van der Waals surface area contributed by atoms with E-state index >= 15 is 0 Å². The summed E-state index contributed by atoms with van der Waals surface area (Å²) in [5.41, 5.74) is 0. The van der Waals surface area contributed by atoms with Gasteiger partial charge in [-0.15, -0.1) is 0 Å². The van der Waals surface area contributed by atoms with E-state index in [-0.39, 0.29) is 17.8 Å². The van der Waals surface area contributed by atoms with Crippen molar-refractivity contribution in [3.8, 4) is 0 Å². The molecule has 1 saturated heterocycles. The van der Waals surface area contributed by atoms with Crippen molar-refractivity contribution in [1.82, 2.24) is 5.32 Å². The molecule has 0 aromatic carbocycles. The highest BCUT2D eigenvalue weighted by molar-refractivity contribution is 7.94. The fourth-order valence-electron chi connectivity index (χ4n) is 1.66. The van der Waals surface area contributed by atoms with Crippen LogP contribution in [0.1, 0.15) is 0 Å². The van der Waals surface area contributed by atoms with Crippen molar-refractivity contribution in [2.45, 2.75) is 18.2 Å². The van der Waals surface area contributed by atoms with Crippen LogP contribution in [0.2, 0.25) is 0 Å². The van der Waals surface area contributed by atoms with Crippen LogP contribution in [0.15, 0.2) is 11.5 Å². The SMILES string of the molecule is O=S1(=O)C=CC(NC2COCC2O)C1. The second-order valence-corrected chi connectivity index (χ2v) is 5.57. The van der Waals surface area contributed by atoms with Gasteiger partial charge in [0, 0.05) is 11.4 Å². The summed E-state index contributed by atoms with van der Waals surface area (Å²) in [7, 11) is -3.02. The minimum absolute atomic E-state index is 0.0796. The van der Waals surface area contributed by atoms with Crippen LogP contribution in [0, 0.1) is 0 Å². The maximum atomic E-state index is 11.1. The monoisotopic (exact) mass is 219 g/mol. The molecule has 2 aliphatic rings. The summed E-state index contributed by atoms with van der Waals surface area (Å²) < 4.78 is 27.2. The predicted octanol–water partition coefficient (Wildman–Crippen LogP) is -1.35. The predicted molar refractivity (Wildman–Crippen MR) is 50.5 cm³/mol. The Bertz CT molecular complexity index is 337. The first kappa shape index (κ1) is 10.1. The summed E-state index contributed by atoms with van der Waals surface area (Å²) in [5, 5.41) is 13.7. The van der Waals surface area contributed by atoms with Gasteiger partial charge in [-0.05, 0) is 0 Å². The molecule has 0 saturated carbocycles. The molecule has 5 nitrogen and oxygen atoms in total. The van der Waals surface area contributed by atoms with E-state index in [4.69, 9.17) is 4.74 Å². The number of hydrogen-bond acceptors (Lipinski definition) is 5. The molecule has 0 bridgehead atoms. The van der Waals surface area contributed by atoms with Crippen molar-refractivity contribution < 1.29 is 18.3 Å². The maximum absolute atomic E-state index is 11.1. The Morgan fingerprint density at radius 3 is 2.71 bits per heavy atom. The number of nitrogens with one attached hydrogen (secondary N) is 1. The van der Waals surface area contributed by atoms with Gasteiger partial charge >= 0.3 is 0 Å². The second kappa shape index (κ2) is 3.62. The third kappa shape index (κ3) is 2.14. The van der Waals surface area contributed by atoms with Gasteiger partial charge in [-0.25, -0.2) is 8.42 Å². The molecule has 0 spiro atoms. The normalized spacial score (nSPS) is 40.5. The standard InChI is InChI=1S/C8H13NO4S/c10-8-4-13-3-7(8)9-6-1-2-14(11,12)5-6/h1-2,6-10H,3-5H2. The van der Waals surface area contributed by atoms with Crippen molar-refractivity contribution in [3.05, 3.63) is 11.5 Å². The summed E-state index contributed by atoms with van der Waals surface area (Å²) >= 11 is 0. The lowest BCUT2D eigenvalue weighted by Crippen LogP contribution is -2.45. The molecule has 2 N–H and O–H groups in total. The van der Waals surface area contributed by atoms with Crippen LogP contribution in [0.5, 0.6) is 0 Å². The molecule has 14 heavy (non-hydrogen) atoms. The molecule has 0 amide bonds. The largest absolute Gasteiger partial charge is 0.389 e. The number of aliphatic hydroxyl groups excluding tert-OH is 1. The minimum atomic E-state index is -3.02. The molecule has 0 radical (unpaired) electrons. The molecule has 3 unspecified atom stereocenters. The first-order valence-electron chi connectivity index (χ1n) is 4.50. The molecule has 2 rings (SSSR count). The Labute approximate surface area is 82.7 Å². The molecule has 6 heteroatoms. The van der Waals surface area contributed by atoms with Crippen LogP contribution < -0.4 is 5.32 Å². The Balaban J connectivity index is 1.91. The van der Waals surface area contributed by atoms with E-state index in [0.717, 1.165) is 0 Å². The first-order chi connectivity index (χ1) is 6.57. The molecule has 80 valence electrons. The quantitative estimate of drug-likeness (QED) is 0.600. The smallest absolute Gasteiger partial charge is 0.173 e. The highest BCUT2D eigenvalue weighted by atomic mass is 32.2. The van der Waals surface area contributed by atoms with E-state index in [1.807, 2.05) is 0 Å². The molecule has 3 atom stereocenters. The van der Waals surface area contributed by atoms with Crippen molar-refractivity contribution in [1.29, 1.82) is 0 Å². The van der Waals surface area contributed by atoms with E-state index in [1.54, 1.807) is 6.08 Å². The fraction of sp³-hybridized carbons (Fsp3) is 0.750. The van der Waals surface area contributed by atoms with Crippen LogP contribution >= 0.6 is 0 Å². The molecular formula is C8H13NO4S. The Morgan fingerprint density at radius 1 is 1.43 bits per heavy atom. The number of sulfone groups is 1. The lowest BCUT2D eigenvalue weighted by molar-refractivity contribution is 0.122. The summed E-state index contributed by atoms with van der Waals surface area (Å²) in [6.45, 7) is 0.756. The lowest BCUT2D eigenvalue weighted by atomic mass is 10.2. The summed E-state index contributed by atoms with van der Waals surface area (Å²) in [6, 6.07) is -0.348. The Morgan fingerprint density at radius 2 is 2.21 bits per heavy atom. The second-order valence-electron chi connectivity index (χ2n) is 3.64. The molecule has 2 aliphatic heterocycles. The van der Waals surface area contributed by atoms with Crippen molar-refractivity contribution >= 4 is 9.84 Å². The van der Waals surface area contributed by atoms with E-state index < -0.39 is 15.9 Å². The van der Waals surface area contributed by atoms with E-state index in [2.05, 4.69) is 5.32 Å². The number of hydrogen-bond donors (Lipinski definition) is 2. The van der Waals surface area contributed by atoms with Crippen molar-refractivity contribution in [3.63, 3.8) is 0 Å². The molecule has 0 aliphatic carbocycles. The zero-order valence-electron chi connectivity index (χ0n) is 7.59. The summed E-state index contributed by atoms with van der Waals surface area (Å²) in [6.07, 6.45) is 1.08. The van der Waals surface area contributed by atoms with Gasteiger partial charge in [0.2, 0.25) is 0 Å². The zero-order chi connectivity index (χ0) is 10.2. The highest BCUT2D eigenvalue weighted by Crippen LogP contribution is 2.12. The summed E-state index contributed by atoms with van der Waals surface area (Å²) in [4.78, 5) is 0. The number of ether oxygens (including phenoxy) is 1. The van der Waals surface area contributed by atoms with E-state index in [1.165, 1.54) is 5.41 Å². The van der Waals surface area contributed by atoms with Crippen molar-refractivity contribution in [2.75, 3.05) is 19.0 Å². The van der Waals surface area contributed by atoms with Crippen LogP contribution in [0.25, 0.3) is 0 Å². The zero-order valence-corrected chi connectivity index (χ0v) is 8.40. The molecular weight excluding hydrogens is 206 g/mol. The van der Waals surface area contributed by atoms with E-state index in [0.29, 0.717) is 13.2 Å². The van der Waals surface area contributed by atoms with Crippen molar-refractivity contribution in [2.24, 2.45) is 0 Å². The topological polar surface area (TPSA) is 75.6 Å². The van der Waals surface area contributed by atoms with Crippen LogP contribution in [-0.2, 0) is 14.6 Å². The molecule has 0 aromatic rings. The number of rotatable bonds is 2. The average Bonchev–Trinajstić information content (AvgIpc) is 2.61. The van der Waals surface area contributed by atoms with Crippen LogP contribution in [0.4, 0.5) is 0 Å². The van der Waals surface area contributed by atoms with Gasteiger partial charge < -0.3 is 15.2 Å². The van der Waals surface area contributed by atoms with Gasteiger partial charge in [0.05, 0.1) is 31.1 Å². The fourth-order valence-corrected chi connectivity index (χ4v) is 2.90. The first-order valence-corrected chi connectivity index (χ1v) is 6.21. The van der Waals surface area contributed by atoms with Gasteiger partial charge in [0.15, 0.2) is 9.84 Å². The van der Waals surface area contributed by atoms with E-state index in [9.17, 15) is 13.5 Å². The Kier molecular flexibility index (Phi) is 2.61. The van der Waals surface area contributed by atoms with Gasteiger partial charge in [0.25, 0.3) is 0 Å². The minimum Gasteiger partial charge on any atom is -0.389 e.